The Hall–Kier alpha value is -2.76. The predicted molar refractivity (Wildman–Crippen MR) is 116 cm³/mol. The van der Waals surface area contributed by atoms with E-state index in [1.807, 2.05) is 13.0 Å². The average Bonchev–Trinajstić information content (AvgIpc) is 3.39. The average molecular weight is 462 g/mol. The maximum Gasteiger partial charge on any atom is 0.405 e. The molecule has 2 aromatic heterocycles. The Labute approximate surface area is 189 Å². The molecule has 1 aromatic carbocycles. The molecule has 1 unspecified atom stereocenters. The van der Waals surface area contributed by atoms with Crippen LogP contribution < -0.4 is 9.64 Å². The van der Waals surface area contributed by atoms with E-state index in [9.17, 15) is 0 Å². The lowest BCUT2D eigenvalue weighted by atomic mass is 9.97. The van der Waals surface area contributed by atoms with Crippen LogP contribution in [0.3, 0.4) is 0 Å². The van der Waals surface area contributed by atoms with Crippen LogP contribution in [0.25, 0.3) is 5.69 Å². The summed E-state index contributed by atoms with van der Waals surface area (Å²) in [5.74, 6) is 1.46. The highest BCUT2D eigenvalue weighted by Gasteiger charge is 2.30. The third-order valence-corrected chi connectivity index (χ3v) is 5.69. The minimum absolute atomic E-state index is 0.224. The Morgan fingerprint density at radius 2 is 2.00 bits per heavy atom. The molecule has 0 radical (unpaired) electrons. The largest absolute Gasteiger partial charge is 0.481 e. The number of methoxy groups -OCH3 is 1. The molecule has 0 saturated carbocycles. The summed E-state index contributed by atoms with van der Waals surface area (Å²) in [4.78, 5) is 6.30. The fourth-order valence-corrected chi connectivity index (χ4v) is 4.21. The van der Waals surface area contributed by atoms with Crippen LogP contribution in [-0.4, -0.2) is 61.4 Å². The molecule has 1 fully saturated rings. The van der Waals surface area contributed by atoms with E-state index in [2.05, 4.69) is 37.0 Å². The lowest BCUT2D eigenvalue weighted by molar-refractivity contribution is -0.459. The first kappa shape index (κ1) is 22.4. The first-order chi connectivity index (χ1) is 15.2. The summed E-state index contributed by atoms with van der Waals surface area (Å²) in [6.45, 7) is 3.01. The van der Waals surface area contributed by atoms with E-state index in [-0.39, 0.29) is 11.7 Å². The Kier molecular flexibility index (Phi) is 6.31. The summed E-state index contributed by atoms with van der Waals surface area (Å²) in [7, 11) is 1.52. The van der Waals surface area contributed by atoms with Crippen LogP contribution in [0.4, 0.5) is 5.95 Å². The molecule has 3 aromatic rings. The fourth-order valence-electron chi connectivity index (χ4n) is 3.82. The van der Waals surface area contributed by atoms with Crippen molar-refractivity contribution in [3.63, 3.8) is 0 Å². The number of rotatable bonds is 7. The van der Waals surface area contributed by atoms with E-state index in [0.717, 1.165) is 29.1 Å². The fraction of sp³-hybridized carbons (Fsp3) is 0.381. The molecular weight excluding hydrogens is 438 g/mol. The van der Waals surface area contributed by atoms with E-state index in [1.54, 1.807) is 22.9 Å². The zero-order chi connectivity index (χ0) is 22.9. The van der Waals surface area contributed by atoms with Crippen molar-refractivity contribution in [1.82, 2.24) is 19.7 Å². The van der Waals surface area contributed by atoms with Crippen LogP contribution in [0, 0.1) is 6.92 Å². The van der Waals surface area contributed by atoms with Crippen molar-refractivity contribution in [3.8, 4) is 11.6 Å². The van der Waals surface area contributed by atoms with Crippen molar-refractivity contribution in [2.75, 3.05) is 25.1 Å². The second-order valence-corrected chi connectivity index (χ2v) is 8.04. The second kappa shape index (κ2) is 9.00. The van der Waals surface area contributed by atoms with Crippen molar-refractivity contribution in [2.24, 2.45) is 0 Å². The van der Waals surface area contributed by atoms with Gasteiger partial charge in [0.2, 0.25) is 11.8 Å². The molecule has 0 amide bonds. The highest BCUT2D eigenvalue weighted by Crippen LogP contribution is 2.35. The van der Waals surface area contributed by atoms with Crippen molar-refractivity contribution < 1.29 is 24.8 Å². The molecule has 4 rings (SSSR count). The monoisotopic (exact) mass is 461 g/mol. The van der Waals surface area contributed by atoms with Gasteiger partial charge in [-0.15, -0.1) is 10.2 Å². The standard InChI is InChI=1S/C21H24ClN5O5/c1-13-3-5-16(17(22)9-13)14-7-8-26(11-14)20-25-24-18(12-32-21(28,29)30)27(20)15-4-6-19(31-2)23-10-15/h3-6,9-10,14,28-30H,7-8,11-12H2,1-2H3. The van der Waals surface area contributed by atoms with Gasteiger partial charge in [0.1, 0.15) is 6.61 Å². The van der Waals surface area contributed by atoms with Gasteiger partial charge in [-0.1, -0.05) is 23.7 Å². The lowest BCUT2D eigenvalue weighted by Crippen LogP contribution is -2.31. The minimum Gasteiger partial charge on any atom is -0.481 e. The number of aliphatic hydroxyl groups is 3. The molecule has 0 aliphatic carbocycles. The molecule has 1 aliphatic rings. The molecular formula is C21H24ClN5O5. The number of hydrogen-bond donors (Lipinski definition) is 3. The third-order valence-electron chi connectivity index (χ3n) is 5.36. The lowest BCUT2D eigenvalue weighted by Gasteiger charge is -2.20. The molecule has 1 atom stereocenters. The first-order valence-electron chi connectivity index (χ1n) is 10.0. The third kappa shape index (κ3) is 4.84. The molecule has 11 heteroatoms. The van der Waals surface area contributed by atoms with Crippen LogP contribution in [0.2, 0.25) is 5.02 Å². The Balaban J connectivity index is 1.65. The number of aryl methyl sites for hydroxylation is 1. The number of anilines is 1. The molecule has 0 bridgehead atoms. The molecule has 10 nitrogen and oxygen atoms in total. The van der Waals surface area contributed by atoms with Crippen molar-refractivity contribution in [3.05, 3.63) is 58.5 Å². The minimum atomic E-state index is -3.28. The van der Waals surface area contributed by atoms with E-state index in [0.29, 0.717) is 24.1 Å². The number of halogens is 1. The normalized spacial score (nSPS) is 16.6. The van der Waals surface area contributed by atoms with Gasteiger partial charge in [-0.3, -0.25) is 9.30 Å². The second-order valence-electron chi connectivity index (χ2n) is 7.63. The summed E-state index contributed by atoms with van der Waals surface area (Å²) >= 11 is 6.49. The van der Waals surface area contributed by atoms with E-state index < -0.39 is 12.8 Å². The topological polar surface area (TPSA) is 126 Å². The van der Waals surface area contributed by atoms with Crippen LogP contribution in [0.5, 0.6) is 5.88 Å². The number of benzene rings is 1. The van der Waals surface area contributed by atoms with Gasteiger partial charge in [0.25, 0.3) is 0 Å². The zero-order valence-electron chi connectivity index (χ0n) is 17.6. The quantitative estimate of drug-likeness (QED) is 0.451. The molecule has 0 spiro atoms. The van der Waals surface area contributed by atoms with Gasteiger partial charge in [-0.2, -0.15) is 0 Å². The molecule has 1 saturated heterocycles. The van der Waals surface area contributed by atoms with Gasteiger partial charge >= 0.3 is 6.16 Å². The highest BCUT2D eigenvalue weighted by molar-refractivity contribution is 6.31. The van der Waals surface area contributed by atoms with Crippen LogP contribution in [0.15, 0.2) is 36.5 Å². The smallest absolute Gasteiger partial charge is 0.405 e. The van der Waals surface area contributed by atoms with Crippen molar-refractivity contribution >= 4 is 17.5 Å². The van der Waals surface area contributed by atoms with Gasteiger partial charge in [-0.25, -0.2) is 4.98 Å². The highest BCUT2D eigenvalue weighted by atomic mass is 35.5. The maximum atomic E-state index is 9.11. The SMILES string of the molecule is COc1ccc(-n2c(COC(O)(O)O)nnc2N2CCC(c3ccc(C)cc3Cl)C2)cn1. The van der Waals surface area contributed by atoms with Crippen molar-refractivity contribution in [1.29, 1.82) is 0 Å². The van der Waals surface area contributed by atoms with Crippen molar-refractivity contribution in [2.45, 2.75) is 32.0 Å². The summed E-state index contributed by atoms with van der Waals surface area (Å²) < 4.78 is 11.5. The van der Waals surface area contributed by atoms with Gasteiger partial charge < -0.3 is 25.0 Å². The summed E-state index contributed by atoms with van der Waals surface area (Å²) in [6.07, 6.45) is -0.810. The molecule has 32 heavy (non-hydrogen) atoms. The number of hydrogen-bond acceptors (Lipinski definition) is 9. The van der Waals surface area contributed by atoms with E-state index >= 15 is 0 Å². The van der Waals surface area contributed by atoms with E-state index in [4.69, 9.17) is 31.7 Å². The van der Waals surface area contributed by atoms with Gasteiger partial charge in [0.15, 0.2) is 5.82 Å². The zero-order valence-corrected chi connectivity index (χ0v) is 18.4. The Morgan fingerprint density at radius 1 is 1.19 bits per heavy atom. The molecule has 3 N–H and O–H groups in total. The number of pyridine rings is 1. The molecule has 3 heterocycles. The van der Waals surface area contributed by atoms with Gasteiger partial charge in [-0.05, 0) is 36.6 Å². The Bertz CT molecular complexity index is 1080. The summed E-state index contributed by atoms with van der Waals surface area (Å²) in [5, 5.41) is 36.5. The van der Waals surface area contributed by atoms with Crippen LogP contribution >= 0.6 is 11.6 Å². The predicted octanol–water partition coefficient (Wildman–Crippen LogP) is 1.73. The molecule has 1 aliphatic heterocycles. The molecule has 170 valence electrons. The Morgan fingerprint density at radius 3 is 2.66 bits per heavy atom. The van der Waals surface area contributed by atoms with Crippen LogP contribution in [0.1, 0.15) is 29.3 Å². The maximum absolute atomic E-state index is 9.11. The van der Waals surface area contributed by atoms with Crippen LogP contribution in [-0.2, 0) is 11.3 Å². The summed E-state index contributed by atoms with van der Waals surface area (Å²) in [5.41, 5.74) is 2.82. The summed E-state index contributed by atoms with van der Waals surface area (Å²) in [6, 6.07) is 9.54. The number of ether oxygens (including phenoxy) is 2. The number of nitrogens with zero attached hydrogens (tertiary/aromatic N) is 5. The van der Waals surface area contributed by atoms with E-state index in [1.165, 1.54) is 7.11 Å². The number of aromatic nitrogens is 4. The first-order valence-corrected chi connectivity index (χ1v) is 10.4. The van der Waals surface area contributed by atoms with Gasteiger partial charge in [0.05, 0.1) is 19.0 Å². The van der Waals surface area contributed by atoms with Gasteiger partial charge in [0, 0.05) is 30.1 Å².